The van der Waals surface area contributed by atoms with E-state index in [9.17, 15) is 0 Å². The summed E-state index contributed by atoms with van der Waals surface area (Å²) in [6, 6.07) is 7.25. The van der Waals surface area contributed by atoms with Crippen LogP contribution in [-0.2, 0) is 4.74 Å². The Labute approximate surface area is 89.4 Å². The molecule has 0 fully saturated rings. The van der Waals surface area contributed by atoms with Crippen LogP contribution >= 0.6 is 11.6 Å². The monoisotopic (exact) mass is 211 g/mol. The average Bonchev–Trinajstić information content (AvgIpc) is 2.20. The first-order valence-corrected chi connectivity index (χ1v) is 4.94. The highest BCUT2D eigenvalue weighted by molar-refractivity contribution is 6.30. The van der Waals surface area contributed by atoms with Crippen molar-refractivity contribution < 1.29 is 4.74 Å². The van der Waals surface area contributed by atoms with Gasteiger partial charge in [0, 0.05) is 12.1 Å². The number of benzene rings is 1. The molecule has 76 valence electrons. The molecule has 0 radical (unpaired) electrons. The molecule has 0 amide bonds. The van der Waals surface area contributed by atoms with Gasteiger partial charge in [-0.15, -0.1) is 0 Å². The molecular formula is C11H14ClNO. The lowest BCUT2D eigenvalue weighted by Gasteiger charge is -2.14. The van der Waals surface area contributed by atoms with E-state index in [-0.39, 0.29) is 6.10 Å². The molecule has 0 bridgehead atoms. The molecule has 0 aromatic heterocycles. The SMILES string of the molecule is CCC(OC)C(=N)c1ccc(Cl)cc1. The molecule has 1 aromatic rings. The van der Waals surface area contributed by atoms with Gasteiger partial charge in [0.15, 0.2) is 0 Å². The molecule has 0 saturated carbocycles. The fourth-order valence-electron chi connectivity index (χ4n) is 1.30. The van der Waals surface area contributed by atoms with Crippen molar-refractivity contribution in [3.05, 3.63) is 34.9 Å². The number of halogens is 1. The van der Waals surface area contributed by atoms with Crippen LogP contribution in [0.4, 0.5) is 0 Å². The molecule has 2 nitrogen and oxygen atoms in total. The molecule has 1 unspecified atom stereocenters. The van der Waals surface area contributed by atoms with Crippen LogP contribution in [0, 0.1) is 5.41 Å². The molecule has 0 saturated heterocycles. The second kappa shape index (κ2) is 5.13. The van der Waals surface area contributed by atoms with Gasteiger partial charge in [-0.05, 0) is 24.1 Å². The largest absolute Gasteiger partial charge is 0.375 e. The maximum atomic E-state index is 7.89. The highest BCUT2D eigenvalue weighted by Crippen LogP contribution is 2.13. The van der Waals surface area contributed by atoms with Crippen LogP contribution in [0.25, 0.3) is 0 Å². The summed E-state index contributed by atoms with van der Waals surface area (Å²) in [6.07, 6.45) is 0.675. The summed E-state index contributed by atoms with van der Waals surface area (Å²) in [4.78, 5) is 0. The third kappa shape index (κ3) is 2.56. The lowest BCUT2D eigenvalue weighted by Crippen LogP contribution is -2.21. The molecule has 0 heterocycles. The minimum atomic E-state index is -0.129. The van der Waals surface area contributed by atoms with E-state index in [2.05, 4.69) is 0 Å². The molecule has 0 aliphatic heterocycles. The van der Waals surface area contributed by atoms with Crippen LogP contribution in [0.15, 0.2) is 24.3 Å². The Bertz CT molecular complexity index is 304. The Kier molecular flexibility index (Phi) is 4.11. The van der Waals surface area contributed by atoms with Gasteiger partial charge in [0.05, 0.1) is 11.8 Å². The van der Waals surface area contributed by atoms with Crippen LogP contribution < -0.4 is 0 Å². The first-order valence-electron chi connectivity index (χ1n) is 4.56. The first kappa shape index (κ1) is 11.2. The van der Waals surface area contributed by atoms with Gasteiger partial charge in [-0.3, -0.25) is 0 Å². The Morgan fingerprint density at radius 1 is 1.43 bits per heavy atom. The molecule has 0 aliphatic rings. The van der Waals surface area contributed by atoms with E-state index < -0.39 is 0 Å². The molecule has 1 atom stereocenters. The van der Waals surface area contributed by atoms with E-state index >= 15 is 0 Å². The number of hydrogen-bond acceptors (Lipinski definition) is 2. The minimum Gasteiger partial charge on any atom is -0.375 e. The van der Waals surface area contributed by atoms with E-state index in [1.165, 1.54) is 0 Å². The second-order valence-electron chi connectivity index (χ2n) is 3.05. The molecular weight excluding hydrogens is 198 g/mol. The highest BCUT2D eigenvalue weighted by Gasteiger charge is 2.12. The summed E-state index contributed by atoms with van der Waals surface area (Å²) in [5.74, 6) is 0. The lowest BCUT2D eigenvalue weighted by atomic mass is 10.0. The molecule has 1 rings (SSSR count). The van der Waals surface area contributed by atoms with Gasteiger partial charge in [-0.1, -0.05) is 30.7 Å². The van der Waals surface area contributed by atoms with E-state index in [1.807, 2.05) is 19.1 Å². The van der Waals surface area contributed by atoms with Crippen LogP contribution in [0.2, 0.25) is 5.02 Å². The van der Waals surface area contributed by atoms with Crippen molar-refractivity contribution in [1.82, 2.24) is 0 Å². The van der Waals surface area contributed by atoms with Gasteiger partial charge in [0.1, 0.15) is 0 Å². The number of nitrogens with one attached hydrogen (secondary N) is 1. The molecule has 1 aromatic carbocycles. The predicted octanol–water partition coefficient (Wildman–Crippen LogP) is 3.13. The van der Waals surface area contributed by atoms with Crippen molar-refractivity contribution in [3.8, 4) is 0 Å². The van der Waals surface area contributed by atoms with Crippen LogP contribution in [-0.4, -0.2) is 18.9 Å². The summed E-state index contributed by atoms with van der Waals surface area (Å²) < 4.78 is 5.19. The quantitative estimate of drug-likeness (QED) is 0.763. The third-order valence-corrected chi connectivity index (χ3v) is 2.38. The zero-order chi connectivity index (χ0) is 10.6. The lowest BCUT2D eigenvalue weighted by molar-refractivity contribution is 0.152. The topological polar surface area (TPSA) is 33.1 Å². The van der Waals surface area contributed by atoms with Crippen LogP contribution in [0.5, 0.6) is 0 Å². The fourth-order valence-corrected chi connectivity index (χ4v) is 1.43. The van der Waals surface area contributed by atoms with Crippen LogP contribution in [0.3, 0.4) is 0 Å². The van der Waals surface area contributed by atoms with Crippen molar-refractivity contribution >= 4 is 17.3 Å². The minimum absolute atomic E-state index is 0.129. The van der Waals surface area contributed by atoms with E-state index in [4.69, 9.17) is 21.7 Å². The van der Waals surface area contributed by atoms with E-state index in [1.54, 1.807) is 19.2 Å². The van der Waals surface area contributed by atoms with Gasteiger partial charge >= 0.3 is 0 Å². The molecule has 14 heavy (non-hydrogen) atoms. The Hall–Kier alpha value is -0.860. The maximum Gasteiger partial charge on any atom is 0.0987 e. The van der Waals surface area contributed by atoms with Gasteiger partial charge < -0.3 is 10.1 Å². The zero-order valence-electron chi connectivity index (χ0n) is 8.38. The standard InChI is InChI=1S/C11H14ClNO/c1-3-10(14-2)11(13)8-4-6-9(12)7-5-8/h4-7,10,13H,3H2,1-2H3. The Morgan fingerprint density at radius 2 is 2.00 bits per heavy atom. The third-order valence-electron chi connectivity index (χ3n) is 2.13. The van der Waals surface area contributed by atoms with Gasteiger partial charge in [-0.2, -0.15) is 0 Å². The predicted molar refractivity (Wildman–Crippen MR) is 59.4 cm³/mol. The fraction of sp³-hybridized carbons (Fsp3) is 0.364. The van der Waals surface area contributed by atoms with Gasteiger partial charge in [-0.25, -0.2) is 0 Å². The summed E-state index contributed by atoms with van der Waals surface area (Å²) in [6.45, 7) is 2.00. The van der Waals surface area contributed by atoms with Crippen molar-refractivity contribution in [2.75, 3.05) is 7.11 Å². The maximum absolute atomic E-state index is 7.89. The van der Waals surface area contributed by atoms with Crippen molar-refractivity contribution in [3.63, 3.8) is 0 Å². The summed E-state index contributed by atoms with van der Waals surface area (Å²) >= 11 is 5.76. The molecule has 0 spiro atoms. The number of ether oxygens (including phenoxy) is 1. The number of methoxy groups -OCH3 is 1. The van der Waals surface area contributed by atoms with Gasteiger partial charge in [0.25, 0.3) is 0 Å². The summed E-state index contributed by atoms with van der Waals surface area (Å²) in [5.41, 5.74) is 1.37. The second-order valence-corrected chi connectivity index (χ2v) is 3.49. The normalized spacial score (nSPS) is 12.5. The summed E-state index contributed by atoms with van der Waals surface area (Å²) in [7, 11) is 1.62. The van der Waals surface area contributed by atoms with Crippen molar-refractivity contribution in [2.45, 2.75) is 19.4 Å². The molecule has 1 N–H and O–H groups in total. The summed E-state index contributed by atoms with van der Waals surface area (Å²) in [5, 5.41) is 8.58. The van der Waals surface area contributed by atoms with Crippen LogP contribution in [0.1, 0.15) is 18.9 Å². The van der Waals surface area contributed by atoms with Crippen molar-refractivity contribution in [2.24, 2.45) is 0 Å². The van der Waals surface area contributed by atoms with Gasteiger partial charge in [0.2, 0.25) is 0 Å². The molecule has 3 heteroatoms. The molecule has 0 aliphatic carbocycles. The number of rotatable bonds is 4. The van der Waals surface area contributed by atoms with Crippen molar-refractivity contribution in [1.29, 1.82) is 5.41 Å². The van der Waals surface area contributed by atoms with E-state index in [0.29, 0.717) is 10.7 Å². The average molecular weight is 212 g/mol. The zero-order valence-corrected chi connectivity index (χ0v) is 9.14. The Balaban J connectivity index is 2.83. The highest BCUT2D eigenvalue weighted by atomic mass is 35.5. The van der Waals surface area contributed by atoms with E-state index in [0.717, 1.165) is 12.0 Å². The number of hydrogen-bond donors (Lipinski definition) is 1. The smallest absolute Gasteiger partial charge is 0.0987 e. The first-order chi connectivity index (χ1) is 6.69. The Morgan fingerprint density at radius 3 is 2.43 bits per heavy atom.